The highest BCUT2D eigenvalue weighted by Gasteiger charge is 2.13. The molecule has 0 amide bonds. The number of benzene rings is 1. The molecule has 26 heavy (non-hydrogen) atoms. The van der Waals surface area contributed by atoms with Gasteiger partial charge in [0.25, 0.3) is 0 Å². The number of nitrogens with one attached hydrogen (secondary N) is 1. The van der Waals surface area contributed by atoms with Crippen LogP contribution < -0.4 is 4.72 Å². The van der Waals surface area contributed by atoms with E-state index in [2.05, 4.69) is 14.7 Å². The van der Waals surface area contributed by atoms with E-state index in [1.54, 1.807) is 23.7 Å². The molecule has 0 bridgehead atoms. The Morgan fingerprint density at radius 2 is 1.77 bits per heavy atom. The van der Waals surface area contributed by atoms with E-state index in [0.717, 1.165) is 26.7 Å². The highest BCUT2D eigenvalue weighted by atomic mass is 32.2. The standard InChI is InChI=1S/C19H21N3O2S2/c1-15-18(25-19(22-15)17-7-11-20-12-8-17)9-13-21-26(23,24)14-10-16-5-3-2-4-6-16/h2-8,11-12,21H,9-10,13-14H2,1H3. The van der Waals surface area contributed by atoms with E-state index >= 15 is 0 Å². The first-order chi connectivity index (χ1) is 12.5. The Labute approximate surface area is 158 Å². The van der Waals surface area contributed by atoms with Crippen molar-refractivity contribution in [1.82, 2.24) is 14.7 Å². The Balaban J connectivity index is 1.53. The molecule has 136 valence electrons. The molecule has 0 saturated carbocycles. The van der Waals surface area contributed by atoms with Gasteiger partial charge in [0.1, 0.15) is 5.01 Å². The van der Waals surface area contributed by atoms with Crippen LogP contribution in [-0.2, 0) is 22.9 Å². The quantitative estimate of drug-likeness (QED) is 0.644. The molecule has 2 heterocycles. The lowest BCUT2D eigenvalue weighted by atomic mass is 10.2. The van der Waals surface area contributed by atoms with Crippen LogP contribution in [0.2, 0.25) is 0 Å². The van der Waals surface area contributed by atoms with Crippen molar-refractivity contribution in [2.24, 2.45) is 0 Å². The lowest BCUT2D eigenvalue weighted by molar-refractivity contribution is 0.581. The first kappa shape index (κ1) is 18.7. The molecule has 1 aromatic carbocycles. The third-order valence-electron chi connectivity index (χ3n) is 4.00. The van der Waals surface area contributed by atoms with Gasteiger partial charge in [0, 0.05) is 29.4 Å². The summed E-state index contributed by atoms with van der Waals surface area (Å²) in [4.78, 5) is 9.70. The van der Waals surface area contributed by atoms with Crippen molar-refractivity contribution in [3.05, 3.63) is 71.0 Å². The highest BCUT2D eigenvalue weighted by molar-refractivity contribution is 7.89. The zero-order chi connectivity index (χ0) is 18.4. The smallest absolute Gasteiger partial charge is 0.211 e. The van der Waals surface area contributed by atoms with Gasteiger partial charge in [-0.05, 0) is 37.5 Å². The predicted molar refractivity (Wildman–Crippen MR) is 106 cm³/mol. The molecule has 5 nitrogen and oxygen atoms in total. The fourth-order valence-corrected chi connectivity index (χ4v) is 4.70. The van der Waals surface area contributed by atoms with E-state index in [-0.39, 0.29) is 5.75 Å². The number of thiazole rings is 1. The Bertz CT molecular complexity index is 939. The van der Waals surface area contributed by atoms with Crippen LogP contribution in [0, 0.1) is 6.92 Å². The fourth-order valence-electron chi connectivity index (χ4n) is 2.57. The number of rotatable bonds is 8. The van der Waals surface area contributed by atoms with E-state index in [1.807, 2.05) is 49.4 Å². The maximum Gasteiger partial charge on any atom is 0.211 e. The van der Waals surface area contributed by atoms with Crippen LogP contribution in [0.1, 0.15) is 16.1 Å². The molecule has 0 radical (unpaired) electrons. The second-order valence-corrected chi connectivity index (χ2v) is 8.97. The number of nitrogens with zero attached hydrogens (tertiary/aromatic N) is 2. The third kappa shape index (κ3) is 5.20. The molecule has 0 aliphatic carbocycles. The highest BCUT2D eigenvalue weighted by Crippen LogP contribution is 2.27. The van der Waals surface area contributed by atoms with Crippen LogP contribution in [0.4, 0.5) is 0 Å². The monoisotopic (exact) mass is 387 g/mol. The Morgan fingerprint density at radius 1 is 1.04 bits per heavy atom. The van der Waals surface area contributed by atoms with Gasteiger partial charge >= 0.3 is 0 Å². The molecular formula is C19H21N3O2S2. The van der Waals surface area contributed by atoms with Crippen molar-refractivity contribution in [2.75, 3.05) is 12.3 Å². The summed E-state index contributed by atoms with van der Waals surface area (Å²) in [5.41, 5.74) is 3.01. The first-order valence-corrected chi connectivity index (χ1v) is 10.9. The summed E-state index contributed by atoms with van der Waals surface area (Å²) in [6.07, 6.45) is 4.64. The summed E-state index contributed by atoms with van der Waals surface area (Å²) in [6.45, 7) is 2.34. The predicted octanol–water partition coefficient (Wildman–Crippen LogP) is 3.22. The number of hydrogen-bond donors (Lipinski definition) is 1. The van der Waals surface area contributed by atoms with Crippen LogP contribution in [0.25, 0.3) is 10.6 Å². The molecule has 0 aliphatic rings. The van der Waals surface area contributed by atoms with Crippen LogP contribution in [-0.4, -0.2) is 30.7 Å². The minimum atomic E-state index is -3.28. The molecule has 3 aromatic rings. The van der Waals surface area contributed by atoms with E-state index in [4.69, 9.17) is 0 Å². The van der Waals surface area contributed by atoms with E-state index in [9.17, 15) is 8.42 Å². The summed E-state index contributed by atoms with van der Waals surface area (Å²) in [5.74, 6) is 0.0982. The Hall–Kier alpha value is -2.09. The summed E-state index contributed by atoms with van der Waals surface area (Å²) >= 11 is 1.60. The van der Waals surface area contributed by atoms with E-state index in [1.165, 1.54) is 0 Å². The minimum Gasteiger partial charge on any atom is -0.265 e. The summed E-state index contributed by atoms with van der Waals surface area (Å²) in [6, 6.07) is 13.5. The van der Waals surface area contributed by atoms with Gasteiger partial charge in [-0.15, -0.1) is 11.3 Å². The van der Waals surface area contributed by atoms with Gasteiger partial charge in [0.05, 0.1) is 11.4 Å². The average Bonchev–Trinajstić information content (AvgIpc) is 3.02. The first-order valence-electron chi connectivity index (χ1n) is 8.41. The van der Waals surface area contributed by atoms with E-state index < -0.39 is 10.0 Å². The molecule has 0 spiro atoms. The SMILES string of the molecule is Cc1nc(-c2ccncc2)sc1CCNS(=O)(=O)CCc1ccccc1. The van der Waals surface area contributed by atoms with Gasteiger partial charge in [0.15, 0.2) is 0 Å². The molecule has 7 heteroatoms. The second kappa shape index (κ2) is 8.53. The molecule has 0 atom stereocenters. The number of sulfonamides is 1. The largest absolute Gasteiger partial charge is 0.265 e. The van der Waals surface area contributed by atoms with Crippen LogP contribution in [0.5, 0.6) is 0 Å². The van der Waals surface area contributed by atoms with Crippen LogP contribution in [0.3, 0.4) is 0 Å². The minimum absolute atomic E-state index is 0.0982. The third-order valence-corrected chi connectivity index (χ3v) is 6.65. The van der Waals surface area contributed by atoms with Gasteiger partial charge < -0.3 is 0 Å². The molecule has 1 N–H and O–H groups in total. The Morgan fingerprint density at radius 3 is 2.50 bits per heavy atom. The number of hydrogen-bond acceptors (Lipinski definition) is 5. The van der Waals surface area contributed by atoms with E-state index in [0.29, 0.717) is 19.4 Å². The average molecular weight is 388 g/mol. The van der Waals surface area contributed by atoms with Gasteiger partial charge in [-0.1, -0.05) is 30.3 Å². The molecule has 0 saturated heterocycles. The lowest BCUT2D eigenvalue weighted by Gasteiger charge is -2.06. The summed E-state index contributed by atoms with van der Waals surface area (Å²) in [5, 5.41) is 0.937. The zero-order valence-electron chi connectivity index (χ0n) is 14.6. The second-order valence-electron chi connectivity index (χ2n) is 5.96. The zero-order valence-corrected chi connectivity index (χ0v) is 16.2. The maximum absolute atomic E-state index is 12.2. The molecule has 0 fully saturated rings. The van der Waals surface area contributed by atoms with Crippen molar-refractivity contribution < 1.29 is 8.42 Å². The Kier molecular flexibility index (Phi) is 6.13. The molecule has 3 rings (SSSR count). The summed E-state index contributed by atoms with van der Waals surface area (Å²) in [7, 11) is -3.28. The fraction of sp³-hybridized carbons (Fsp3) is 0.263. The normalized spacial score (nSPS) is 11.6. The van der Waals surface area contributed by atoms with Gasteiger partial charge in [-0.2, -0.15) is 0 Å². The molecule has 0 unspecified atom stereocenters. The summed E-state index contributed by atoms with van der Waals surface area (Å²) < 4.78 is 27.0. The van der Waals surface area contributed by atoms with Crippen molar-refractivity contribution in [3.8, 4) is 10.6 Å². The van der Waals surface area contributed by atoms with Crippen molar-refractivity contribution >= 4 is 21.4 Å². The number of pyridine rings is 1. The van der Waals surface area contributed by atoms with Crippen molar-refractivity contribution in [2.45, 2.75) is 19.8 Å². The van der Waals surface area contributed by atoms with Gasteiger partial charge in [-0.25, -0.2) is 18.1 Å². The molecular weight excluding hydrogens is 366 g/mol. The van der Waals surface area contributed by atoms with Gasteiger partial charge in [-0.3, -0.25) is 4.98 Å². The van der Waals surface area contributed by atoms with Crippen LogP contribution >= 0.6 is 11.3 Å². The lowest BCUT2D eigenvalue weighted by Crippen LogP contribution is -2.29. The van der Waals surface area contributed by atoms with Crippen LogP contribution in [0.15, 0.2) is 54.9 Å². The molecule has 0 aliphatic heterocycles. The number of aryl methyl sites for hydroxylation is 2. The van der Waals surface area contributed by atoms with Crippen molar-refractivity contribution in [1.29, 1.82) is 0 Å². The molecule has 2 aromatic heterocycles. The van der Waals surface area contributed by atoms with Crippen molar-refractivity contribution in [3.63, 3.8) is 0 Å². The maximum atomic E-state index is 12.2. The van der Waals surface area contributed by atoms with Gasteiger partial charge in [0.2, 0.25) is 10.0 Å². The number of aromatic nitrogens is 2. The topological polar surface area (TPSA) is 72.0 Å².